The highest BCUT2D eigenvalue weighted by Crippen LogP contribution is 2.41. The summed E-state index contributed by atoms with van der Waals surface area (Å²) in [5.41, 5.74) is -1.31. The molecule has 0 saturated carbocycles. The van der Waals surface area contributed by atoms with Gasteiger partial charge in [-0.15, -0.1) is 5.10 Å². The number of rotatable bonds is 8. The first kappa shape index (κ1) is 32.9. The van der Waals surface area contributed by atoms with E-state index >= 15 is 0 Å². The van der Waals surface area contributed by atoms with Crippen LogP contribution in [0, 0.1) is 17.5 Å². The summed E-state index contributed by atoms with van der Waals surface area (Å²) in [6.07, 6.45) is -3.00. The number of hydrogen-bond donors (Lipinski definition) is 2. The Morgan fingerprint density at radius 2 is 1.89 bits per heavy atom. The highest BCUT2D eigenvalue weighted by molar-refractivity contribution is 7.99. The molecule has 3 aromatic rings. The van der Waals surface area contributed by atoms with Crippen molar-refractivity contribution in [3.05, 3.63) is 64.0 Å². The van der Waals surface area contributed by atoms with Gasteiger partial charge in [0, 0.05) is 23.4 Å². The van der Waals surface area contributed by atoms with Gasteiger partial charge in [0.25, 0.3) is 5.92 Å². The van der Waals surface area contributed by atoms with E-state index in [9.17, 15) is 37.0 Å². The maximum atomic E-state index is 14.0. The maximum absolute atomic E-state index is 14.0. The minimum absolute atomic E-state index is 0.0962. The van der Waals surface area contributed by atoms with Gasteiger partial charge < -0.3 is 24.6 Å². The minimum atomic E-state index is -3.04. The number of thioether (sulfide) groups is 1. The number of aliphatic hydroxyl groups excluding tert-OH is 2. The van der Waals surface area contributed by atoms with E-state index in [2.05, 4.69) is 10.3 Å². The first-order valence-electron chi connectivity index (χ1n) is 13.3. The van der Waals surface area contributed by atoms with Crippen LogP contribution in [0.1, 0.15) is 18.9 Å². The number of halogens is 7. The second-order valence-electron chi connectivity index (χ2n) is 10.3. The van der Waals surface area contributed by atoms with Crippen LogP contribution in [0.25, 0.3) is 11.3 Å². The Morgan fingerprint density at radius 3 is 2.55 bits per heavy atom. The molecule has 0 radical (unpaired) electrons. The monoisotopic (exact) mass is 682 g/mol. The van der Waals surface area contributed by atoms with E-state index in [0.717, 1.165) is 21.3 Å². The molecule has 0 unspecified atom stereocenters. The van der Waals surface area contributed by atoms with Crippen LogP contribution in [0.4, 0.5) is 22.0 Å². The second-order valence-corrected chi connectivity index (χ2v) is 12.3. The largest absolute Gasteiger partial charge is 0.394 e. The van der Waals surface area contributed by atoms with E-state index < -0.39 is 78.8 Å². The summed E-state index contributed by atoms with van der Waals surface area (Å²) in [7, 11) is 0. The van der Waals surface area contributed by atoms with Gasteiger partial charge in [-0.2, -0.15) is 0 Å². The molecule has 2 fully saturated rings. The van der Waals surface area contributed by atoms with Crippen LogP contribution in [-0.2, 0) is 14.3 Å². The van der Waals surface area contributed by atoms with Crippen LogP contribution >= 0.6 is 35.0 Å². The van der Waals surface area contributed by atoms with Crippen LogP contribution in [0.5, 0.6) is 0 Å². The molecule has 9 nitrogen and oxygen atoms in total. The van der Waals surface area contributed by atoms with Crippen LogP contribution < -0.4 is 0 Å². The number of alkyl halides is 2. The summed E-state index contributed by atoms with van der Waals surface area (Å²) >= 11 is 13.3. The number of benzene rings is 2. The maximum Gasteiger partial charge on any atom is 0.265 e. The van der Waals surface area contributed by atoms with E-state index in [1.165, 1.54) is 18.3 Å². The number of carbonyl (C=O) groups is 1. The number of piperidine rings is 1. The Labute approximate surface area is 261 Å². The lowest BCUT2D eigenvalue weighted by Gasteiger charge is -2.44. The van der Waals surface area contributed by atoms with Gasteiger partial charge in [-0.25, -0.2) is 26.6 Å². The topological polar surface area (TPSA) is 110 Å². The van der Waals surface area contributed by atoms with E-state index in [-0.39, 0.29) is 40.7 Å². The summed E-state index contributed by atoms with van der Waals surface area (Å²) in [5.74, 6) is -8.35. The number of ether oxygens (including phenoxy) is 2. The second kappa shape index (κ2) is 13.4. The third-order valence-electron chi connectivity index (χ3n) is 7.21. The predicted octanol–water partition coefficient (Wildman–Crippen LogP) is 4.72. The summed E-state index contributed by atoms with van der Waals surface area (Å²) in [5, 5.41) is 29.6. The number of aromatic nitrogens is 3. The molecular weight excluding hydrogens is 658 g/mol. The molecule has 3 heterocycles. The van der Waals surface area contributed by atoms with Crippen molar-refractivity contribution in [2.75, 3.05) is 26.3 Å². The summed E-state index contributed by atoms with van der Waals surface area (Å²) in [6, 6.07) is 4.90. The molecule has 2 aliphatic rings. The zero-order valence-corrected chi connectivity index (χ0v) is 24.9. The fourth-order valence-electron chi connectivity index (χ4n) is 5.02. The molecule has 2 aliphatic heterocycles. The van der Waals surface area contributed by atoms with Gasteiger partial charge in [0.2, 0.25) is 5.91 Å². The molecule has 17 heteroatoms. The SMILES string of the molecule is O=C(CO[C@@H]1[C@@H](n2cc(-c3cc(F)c(F)c(F)c3)nn2)[C@@H](O)[C@@H](CO)O[C@@H]1Sc1ccc(Cl)c(Cl)c1)N1CCCC(F)(F)C1. The fourth-order valence-corrected chi connectivity index (χ4v) is 6.55. The van der Waals surface area contributed by atoms with Crippen LogP contribution in [-0.4, -0.2) is 92.0 Å². The third-order valence-corrected chi connectivity index (χ3v) is 9.08. The van der Waals surface area contributed by atoms with Crippen LogP contribution in [0.2, 0.25) is 10.0 Å². The molecule has 0 bridgehead atoms. The Balaban J connectivity index is 1.48. The number of carbonyl (C=O) groups excluding carboxylic acids is 1. The van der Waals surface area contributed by atoms with Crippen molar-refractivity contribution in [1.29, 1.82) is 0 Å². The van der Waals surface area contributed by atoms with Crippen LogP contribution in [0.3, 0.4) is 0 Å². The molecule has 5 atom stereocenters. The van der Waals surface area contributed by atoms with Gasteiger partial charge in [-0.1, -0.05) is 40.2 Å². The van der Waals surface area contributed by atoms with Gasteiger partial charge in [0.1, 0.15) is 42.1 Å². The quantitative estimate of drug-likeness (QED) is 0.260. The third kappa shape index (κ3) is 7.14. The zero-order chi connectivity index (χ0) is 31.8. The normalized spacial score (nSPS) is 25.3. The van der Waals surface area contributed by atoms with Gasteiger partial charge in [0.15, 0.2) is 17.5 Å². The van der Waals surface area contributed by atoms with Crippen molar-refractivity contribution >= 4 is 40.9 Å². The van der Waals surface area contributed by atoms with Gasteiger partial charge in [-0.3, -0.25) is 4.79 Å². The Morgan fingerprint density at radius 1 is 1.16 bits per heavy atom. The molecular formula is C27H25Cl2F5N4O5S. The lowest BCUT2D eigenvalue weighted by atomic mass is 9.97. The summed E-state index contributed by atoms with van der Waals surface area (Å²) in [6.45, 7) is -1.99. The summed E-state index contributed by atoms with van der Waals surface area (Å²) in [4.78, 5) is 14.5. The van der Waals surface area contributed by atoms with Crippen molar-refractivity contribution in [3.8, 4) is 11.3 Å². The summed E-state index contributed by atoms with van der Waals surface area (Å²) < 4.78 is 82.4. The van der Waals surface area contributed by atoms with Crippen LogP contribution in [0.15, 0.2) is 41.4 Å². The number of hydrogen-bond acceptors (Lipinski definition) is 8. The molecule has 1 amide bonds. The van der Waals surface area contributed by atoms with Gasteiger partial charge in [0.05, 0.1) is 29.4 Å². The van der Waals surface area contributed by atoms with Gasteiger partial charge in [-0.05, 0) is 36.8 Å². The zero-order valence-electron chi connectivity index (χ0n) is 22.6. The molecule has 0 spiro atoms. The number of likely N-dealkylation sites (tertiary alicyclic amines) is 1. The number of aliphatic hydroxyl groups is 2. The highest BCUT2D eigenvalue weighted by Gasteiger charge is 2.48. The number of nitrogens with zero attached hydrogens (tertiary/aromatic N) is 4. The molecule has 2 saturated heterocycles. The minimum Gasteiger partial charge on any atom is -0.394 e. The predicted molar refractivity (Wildman–Crippen MR) is 149 cm³/mol. The first-order valence-corrected chi connectivity index (χ1v) is 14.9. The van der Waals surface area contributed by atoms with E-state index in [4.69, 9.17) is 32.7 Å². The highest BCUT2D eigenvalue weighted by atomic mass is 35.5. The average molecular weight is 683 g/mol. The molecule has 238 valence electrons. The Bertz CT molecular complexity index is 1500. The van der Waals surface area contributed by atoms with Crippen molar-refractivity contribution in [2.45, 2.75) is 53.4 Å². The average Bonchev–Trinajstić information content (AvgIpc) is 3.46. The van der Waals surface area contributed by atoms with E-state index in [1.54, 1.807) is 6.07 Å². The number of amides is 1. The Kier molecular flexibility index (Phi) is 10.0. The van der Waals surface area contributed by atoms with Crippen molar-refractivity contribution in [3.63, 3.8) is 0 Å². The Hall–Kier alpha value is -2.53. The smallest absolute Gasteiger partial charge is 0.265 e. The van der Waals surface area contributed by atoms with Crippen molar-refractivity contribution in [1.82, 2.24) is 19.9 Å². The fraction of sp³-hybridized carbons (Fsp3) is 0.444. The van der Waals surface area contributed by atoms with Gasteiger partial charge >= 0.3 is 0 Å². The molecule has 0 aliphatic carbocycles. The van der Waals surface area contributed by atoms with Crippen molar-refractivity contribution < 1.29 is 46.4 Å². The molecule has 1 aromatic heterocycles. The van der Waals surface area contributed by atoms with Crippen molar-refractivity contribution in [2.24, 2.45) is 0 Å². The lowest BCUT2D eigenvalue weighted by Crippen LogP contribution is -2.56. The van der Waals surface area contributed by atoms with E-state index in [0.29, 0.717) is 17.0 Å². The first-order chi connectivity index (χ1) is 20.9. The standard InChI is InChI=1S/C27H25Cl2F5N4O5S/c28-15-3-2-14(8-16(15)29)44-26-25(42-11-21(40)37-5-1-4-27(33,34)12-37)23(24(41)20(10-39)43-26)38-9-19(35-36-38)13-6-17(30)22(32)18(31)7-13/h2-3,6-9,20,23-26,39,41H,1,4-5,10-12H2/t20-,23+,24+,25-,26-/m1/s1. The molecule has 44 heavy (non-hydrogen) atoms. The molecule has 5 rings (SSSR count). The van der Waals surface area contributed by atoms with E-state index in [1.807, 2.05) is 0 Å². The molecule has 2 N–H and O–H groups in total. The molecule has 2 aromatic carbocycles. The lowest BCUT2D eigenvalue weighted by molar-refractivity contribution is -0.196.